The van der Waals surface area contributed by atoms with Gasteiger partial charge < -0.3 is 42.3 Å². The maximum atomic E-state index is 12.0. The van der Waals surface area contributed by atoms with Crippen LogP contribution in [0, 0.1) is 0 Å². The first-order chi connectivity index (χ1) is 20.3. The number of ether oxygens (including phenoxy) is 8. The molecule has 13 heteroatoms. The highest BCUT2D eigenvalue weighted by Crippen LogP contribution is 2.36. The Morgan fingerprint density at radius 1 is 0.605 bits per heavy atom. The van der Waals surface area contributed by atoms with Gasteiger partial charge in [-0.3, -0.25) is 14.4 Å². The van der Waals surface area contributed by atoms with Gasteiger partial charge in [-0.15, -0.1) is 0 Å². The highest BCUT2D eigenvalue weighted by molar-refractivity contribution is 6.73. The molecule has 0 aromatic heterocycles. The first-order valence-electron chi connectivity index (χ1n) is 15.8. The molecule has 43 heavy (non-hydrogen) atoms. The molecule has 0 radical (unpaired) electrons. The van der Waals surface area contributed by atoms with Gasteiger partial charge in [0, 0.05) is 40.0 Å². The van der Waals surface area contributed by atoms with Crippen molar-refractivity contribution in [1.29, 1.82) is 0 Å². The van der Waals surface area contributed by atoms with Gasteiger partial charge in [0.05, 0.1) is 24.4 Å². The fourth-order valence-corrected chi connectivity index (χ4v) is 9.12. The number of hydrogen-bond acceptors (Lipinski definition) is 12. The van der Waals surface area contributed by atoms with Gasteiger partial charge >= 0.3 is 17.9 Å². The third kappa shape index (κ3) is 9.94. The van der Waals surface area contributed by atoms with Crippen LogP contribution in [-0.2, 0) is 56.7 Å². The van der Waals surface area contributed by atoms with E-state index in [1.54, 1.807) is 0 Å². The molecule has 11 atom stereocenters. The van der Waals surface area contributed by atoms with E-state index in [0.717, 1.165) is 18.1 Å². The third-order valence-corrected chi connectivity index (χ3v) is 13.4. The van der Waals surface area contributed by atoms with Crippen molar-refractivity contribution in [3.63, 3.8) is 0 Å². The molecule has 0 aliphatic carbocycles. The maximum absolute atomic E-state index is 12.0. The second-order valence-corrected chi connectivity index (χ2v) is 16.6. The summed E-state index contributed by atoms with van der Waals surface area (Å²) in [4.78, 5) is 35.2. The lowest BCUT2D eigenvalue weighted by molar-refractivity contribution is -0.325. The maximum Gasteiger partial charge on any atom is 0.304 e. The van der Waals surface area contributed by atoms with Crippen LogP contribution < -0.4 is 0 Å². The molecule has 12 nitrogen and oxygen atoms in total. The monoisotopic (exact) mass is 632 g/mol. The number of hydrogen-bond donors (Lipinski definition) is 0. The highest BCUT2D eigenvalue weighted by atomic mass is 28.4. The lowest BCUT2D eigenvalue weighted by atomic mass is 9.99. The third-order valence-electron chi connectivity index (χ3n) is 8.70. The second kappa shape index (κ2) is 16.1. The number of carbonyl (C=O) groups is 3. The van der Waals surface area contributed by atoms with E-state index in [-0.39, 0.29) is 30.7 Å². The molecular weight excluding hydrogens is 580 g/mol. The summed E-state index contributed by atoms with van der Waals surface area (Å²) < 4.78 is 54.7. The quantitative estimate of drug-likeness (QED) is 0.172. The standard InChI is InChI=1S/C30H52O12Si/c1-10-43(11-2,12-3)42-25-16-27(38-21(8)32)35-19(6)30(25)41-28-15-24(29(18(5)36-28)39-22(9)33)40-26-14-13-23(17(4)34-26)37-20(7)31/h17-19,23-30H,10-16H2,1-9H3/t17-,18+,19+,23-,24+,25-,26-,27-,28-,29+,30+/m0/s1. The van der Waals surface area contributed by atoms with Gasteiger partial charge in [0.1, 0.15) is 18.3 Å². The van der Waals surface area contributed by atoms with Crippen LogP contribution in [0.3, 0.4) is 0 Å². The van der Waals surface area contributed by atoms with Crippen LogP contribution in [0.25, 0.3) is 0 Å². The minimum atomic E-state index is -2.07. The number of rotatable bonds is 12. The summed E-state index contributed by atoms with van der Waals surface area (Å²) in [6.07, 6.45) is -4.15. The molecule has 0 aromatic carbocycles. The summed E-state index contributed by atoms with van der Waals surface area (Å²) in [5.74, 6) is -1.22. The summed E-state index contributed by atoms with van der Waals surface area (Å²) in [5.41, 5.74) is 0. The van der Waals surface area contributed by atoms with Crippen LogP contribution in [-0.4, -0.2) is 93.9 Å². The zero-order chi connectivity index (χ0) is 31.9. The van der Waals surface area contributed by atoms with Crippen LogP contribution in [0.2, 0.25) is 18.1 Å². The Bertz CT molecular complexity index is 921. The van der Waals surface area contributed by atoms with Gasteiger partial charge in [0.15, 0.2) is 27.0 Å². The fraction of sp³-hybridized carbons (Fsp3) is 0.900. The predicted molar refractivity (Wildman–Crippen MR) is 156 cm³/mol. The zero-order valence-corrected chi connectivity index (χ0v) is 28.2. The van der Waals surface area contributed by atoms with Crippen molar-refractivity contribution in [2.24, 2.45) is 0 Å². The van der Waals surface area contributed by atoms with Gasteiger partial charge in [-0.1, -0.05) is 20.8 Å². The number of carbonyl (C=O) groups excluding carboxylic acids is 3. The van der Waals surface area contributed by atoms with Gasteiger partial charge in [-0.2, -0.15) is 0 Å². The normalized spacial score (nSPS) is 36.9. The van der Waals surface area contributed by atoms with Crippen molar-refractivity contribution >= 4 is 26.2 Å². The molecule has 0 spiro atoms. The van der Waals surface area contributed by atoms with Crippen molar-refractivity contribution < 1.29 is 56.7 Å². The van der Waals surface area contributed by atoms with Crippen molar-refractivity contribution in [1.82, 2.24) is 0 Å². The Morgan fingerprint density at radius 2 is 1.14 bits per heavy atom. The molecular formula is C30H52O12Si. The molecule has 3 aliphatic rings. The summed E-state index contributed by atoms with van der Waals surface area (Å²) in [5, 5.41) is 0. The minimum Gasteiger partial charge on any atom is -0.460 e. The molecule has 3 rings (SSSR count). The lowest BCUT2D eigenvalue weighted by Gasteiger charge is -2.47. The molecule has 3 aliphatic heterocycles. The van der Waals surface area contributed by atoms with E-state index in [1.165, 1.54) is 20.8 Å². The van der Waals surface area contributed by atoms with Crippen LogP contribution in [0.5, 0.6) is 0 Å². The molecule has 3 saturated heterocycles. The molecule has 0 unspecified atom stereocenters. The van der Waals surface area contributed by atoms with E-state index in [2.05, 4.69) is 20.8 Å². The Hall–Kier alpha value is -1.61. The van der Waals surface area contributed by atoms with E-state index in [1.807, 2.05) is 20.8 Å². The Morgan fingerprint density at radius 3 is 1.70 bits per heavy atom. The molecule has 0 saturated carbocycles. The summed E-state index contributed by atoms with van der Waals surface area (Å²) in [6, 6.07) is 2.85. The number of esters is 3. The molecule has 0 aromatic rings. The molecule has 0 N–H and O–H groups in total. The molecule has 3 fully saturated rings. The first kappa shape index (κ1) is 35.9. The summed E-state index contributed by atoms with van der Waals surface area (Å²) >= 11 is 0. The second-order valence-electron chi connectivity index (χ2n) is 11.9. The SMILES string of the molecule is CC[Si](CC)(CC)O[C@H]1C[C@H](OC(C)=O)O[C@H](C)[C@H]1O[C@H]1C[C@@H](O[C@H]2CC[C@H](OC(C)=O)[C@H](C)O2)[C@H](OC(C)=O)[C@@H](C)O1. The zero-order valence-electron chi connectivity index (χ0n) is 27.2. The van der Waals surface area contributed by atoms with E-state index in [9.17, 15) is 14.4 Å². The topological polar surface area (TPSA) is 134 Å². The Kier molecular flexibility index (Phi) is 13.4. The van der Waals surface area contributed by atoms with Crippen molar-refractivity contribution in [3.05, 3.63) is 0 Å². The fourth-order valence-electron chi connectivity index (χ4n) is 6.24. The Balaban J connectivity index is 1.77. The van der Waals surface area contributed by atoms with E-state index in [0.29, 0.717) is 19.3 Å². The predicted octanol–water partition coefficient (Wildman–Crippen LogP) is 4.37. The molecule has 3 heterocycles. The summed E-state index contributed by atoms with van der Waals surface area (Å²) in [6.45, 7) is 16.1. The van der Waals surface area contributed by atoms with Gasteiger partial charge in [0.2, 0.25) is 6.29 Å². The van der Waals surface area contributed by atoms with Crippen LogP contribution in [0.1, 0.15) is 88.0 Å². The van der Waals surface area contributed by atoms with Crippen molar-refractivity contribution in [2.75, 3.05) is 0 Å². The lowest BCUT2D eigenvalue weighted by Crippen LogP contribution is -2.58. The van der Waals surface area contributed by atoms with Gasteiger partial charge in [0.25, 0.3) is 0 Å². The van der Waals surface area contributed by atoms with Gasteiger partial charge in [-0.05, 0) is 45.3 Å². The average Bonchev–Trinajstić information content (AvgIpc) is 2.92. The van der Waals surface area contributed by atoms with Crippen LogP contribution in [0.15, 0.2) is 0 Å². The largest absolute Gasteiger partial charge is 0.460 e. The van der Waals surface area contributed by atoms with E-state index < -0.39 is 69.6 Å². The van der Waals surface area contributed by atoms with E-state index in [4.69, 9.17) is 42.3 Å². The molecule has 0 amide bonds. The minimum absolute atomic E-state index is 0.269. The molecule has 248 valence electrons. The van der Waals surface area contributed by atoms with E-state index >= 15 is 0 Å². The van der Waals surface area contributed by atoms with Crippen LogP contribution >= 0.6 is 0 Å². The highest BCUT2D eigenvalue weighted by Gasteiger charge is 2.48. The van der Waals surface area contributed by atoms with Crippen molar-refractivity contribution in [3.8, 4) is 0 Å². The van der Waals surface area contributed by atoms with Crippen molar-refractivity contribution in [2.45, 2.75) is 174 Å². The smallest absolute Gasteiger partial charge is 0.304 e. The Labute approximate surface area is 256 Å². The summed E-state index contributed by atoms with van der Waals surface area (Å²) in [7, 11) is -2.07. The van der Waals surface area contributed by atoms with Crippen LogP contribution in [0.4, 0.5) is 0 Å². The molecule has 0 bridgehead atoms. The first-order valence-corrected chi connectivity index (χ1v) is 18.3. The average molecular weight is 633 g/mol. The van der Waals surface area contributed by atoms with Gasteiger partial charge in [-0.25, -0.2) is 0 Å².